The summed E-state index contributed by atoms with van der Waals surface area (Å²) >= 11 is 8.77. The number of hydrogen-bond donors (Lipinski definition) is 3. The molecular formula is C17H15Br2NO6S2. The van der Waals surface area contributed by atoms with Crippen molar-refractivity contribution in [2.75, 3.05) is 12.4 Å². The highest BCUT2D eigenvalue weighted by atomic mass is 79.9. The van der Waals surface area contributed by atoms with Crippen molar-refractivity contribution in [2.24, 2.45) is 5.41 Å². The van der Waals surface area contributed by atoms with E-state index in [4.69, 9.17) is 4.74 Å². The van der Waals surface area contributed by atoms with Gasteiger partial charge in [-0.2, -0.15) is 0 Å². The molecule has 0 saturated heterocycles. The number of carbonyl (C=O) groups excluding carboxylic acids is 1. The largest absolute Gasteiger partial charge is 0.506 e. The smallest absolute Gasteiger partial charge is 0.314 e. The molecule has 28 heavy (non-hydrogen) atoms. The number of H-pyrrole nitrogens is 1. The number of aromatic amines is 1. The Labute approximate surface area is 184 Å². The fraction of sp³-hybridized carbons (Fsp3) is 0.353. The molecule has 0 radical (unpaired) electrons. The Morgan fingerprint density at radius 2 is 2.11 bits per heavy atom. The summed E-state index contributed by atoms with van der Waals surface area (Å²) in [7, 11) is 0. The number of phenols is 1. The highest BCUT2D eigenvalue weighted by Gasteiger charge is 2.54. The number of carbonyl (C=O) groups is 2. The van der Waals surface area contributed by atoms with Crippen molar-refractivity contribution in [1.82, 2.24) is 4.98 Å². The minimum Gasteiger partial charge on any atom is -0.506 e. The summed E-state index contributed by atoms with van der Waals surface area (Å²) in [4.78, 5) is 39.7. The van der Waals surface area contributed by atoms with Crippen LogP contribution in [-0.4, -0.2) is 39.5 Å². The molecule has 3 N–H and O–H groups in total. The third-order valence-electron chi connectivity index (χ3n) is 4.45. The Hall–Kier alpha value is -1.30. The second-order valence-corrected chi connectivity index (χ2v) is 9.97. The number of aromatic hydroxyl groups is 1. The lowest BCUT2D eigenvalue weighted by molar-refractivity contribution is -0.160. The fourth-order valence-corrected chi connectivity index (χ4v) is 7.16. The van der Waals surface area contributed by atoms with Gasteiger partial charge >= 0.3 is 16.8 Å². The summed E-state index contributed by atoms with van der Waals surface area (Å²) in [6.45, 7) is 1.73. The number of thiazole rings is 1. The molecule has 0 fully saturated rings. The van der Waals surface area contributed by atoms with Gasteiger partial charge in [0.2, 0.25) is 0 Å². The van der Waals surface area contributed by atoms with Crippen LogP contribution in [0.5, 0.6) is 5.75 Å². The van der Waals surface area contributed by atoms with E-state index in [-0.39, 0.29) is 23.0 Å². The number of hydrogen-bond acceptors (Lipinski definition) is 7. The lowest BCUT2D eigenvalue weighted by Crippen LogP contribution is -2.45. The average molecular weight is 553 g/mol. The first-order chi connectivity index (χ1) is 13.2. The maximum atomic E-state index is 13.0. The molecule has 2 aromatic rings. The highest BCUT2D eigenvalue weighted by Crippen LogP contribution is 2.57. The molecule has 0 amide bonds. The second-order valence-electron chi connectivity index (χ2n) is 6.20. The van der Waals surface area contributed by atoms with Crippen LogP contribution in [0, 0.1) is 5.41 Å². The van der Waals surface area contributed by atoms with E-state index in [9.17, 15) is 24.6 Å². The van der Waals surface area contributed by atoms with Crippen LogP contribution in [0.4, 0.5) is 0 Å². The molecule has 0 aliphatic carbocycles. The molecule has 0 saturated carbocycles. The summed E-state index contributed by atoms with van der Waals surface area (Å²) in [6, 6.07) is 3.27. The van der Waals surface area contributed by atoms with Crippen LogP contribution in [0.3, 0.4) is 0 Å². The number of carboxylic acid groups (broad SMARTS) is 1. The molecule has 0 unspecified atom stereocenters. The quantitative estimate of drug-likeness (QED) is 0.481. The number of benzene rings is 1. The van der Waals surface area contributed by atoms with Gasteiger partial charge in [0.25, 0.3) is 0 Å². The zero-order valence-corrected chi connectivity index (χ0v) is 19.3. The van der Waals surface area contributed by atoms with E-state index in [2.05, 4.69) is 36.8 Å². The Balaban J connectivity index is 2.33. The minimum atomic E-state index is -1.48. The van der Waals surface area contributed by atoms with Gasteiger partial charge in [-0.1, -0.05) is 27.3 Å². The Kier molecular flexibility index (Phi) is 6.28. The number of halogens is 2. The number of aliphatic carboxylic acids is 1. The van der Waals surface area contributed by atoms with Gasteiger partial charge in [0.05, 0.1) is 27.9 Å². The summed E-state index contributed by atoms with van der Waals surface area (Å²) < 4.78 is 6.26. The summed E-state index contributed by atoms with van der Waals surface area (Å²) in [6.07, 6.45) is -0.501. The zero-order chi connectivity index (χ0) is 20.6. The fourth-order valence-electron chi connectivity index (χ4n) is 3.35. The first-order valence-corrected chi connectivity index (χ1v) is 11.5. The van der Waals surface area contributed by atoms with E-state index in [1.807, 2.05) is 0 Å². The monoisotopic (exact) mass is 551 g/mol. The Bertz CT molecular complexity index is 1000. The molecule has 11 heteroatoms. The maximum absolute atomic E-state index is 13.0. The number of rotatable bonds is 5. The van der Waals surface area contributed by atoms with Crippen molar-refractivity contribution in [3.8, 4) is 5.75 Å². The Morgan fingerprint density at radius 3 is 2.75 bits per heavy atom. The van der Waals surface area contributed by atoms with Crippen LogP contribution in [0.25, 0.3) is 0 Å². The SMILES string of the molecule is CCOC(=O)[C@]1(CC(=O)O)CSc2[nH]c(=O)sc2[C@@H]1c1cc(Br)cc(Br)c1O. The third kappa shape index (κ3) is 3.77. The van der Waals surface area contributed by atoms with Crippen molar-refractivity contribution < 1.29 is 24.5 Å². The van der Waals surface area contributed by atoms with Crippen LogP contribution in [0.1, 0.15) is 29.7 Å². The van der Waals surface area contributed by atoms with E-state index in [1.165, 1.54) is 11.8 Å². The summed E-state index contributed by atoms with van der Waals surface area (Å²) in [5.41, 5.74) is -1.14. The van der Waals surface area contributed by atoms with Crippen LogP contribution >= 0.6 is 55.0 Å². The summed E-state index contributed by atoms with van der Waals surface area (Å²) in [5.74, 6) is -2.73. The van der Waals surface area contributed by atoms with Gasteiger partial charge < -0.3 is 19.9 Å². The van der Waals surface area contributed by atoms with Gasteiger partial charge in [-0.05, 0) is 35.0 Å². The van der Waals surface area contributed by atoms with Gasteiger partial charge in [-0.25, -0.2) is 0 Å². The van der Waals surface area contributed by atoms with Crippen LogP contribution in [-0.2, 0) is 14.3 Å². The number of aromatic nitrogens is 1. The first-order valence-electron chi connectivity index (χ1n) is 8.12. The summed E-state index contributed by atoms with van der Waals surface area (Å²) in [5, 5.41) is 20.9. The van der Waals surface area contributed by atoms with Crippen molar-refractivity contribution in [1.29, 1.82) is 0 Å². The molecule has 2 heterocycles. The van der Waals surface area contributed by atoms with Gasteiger partial charge in [0.1, 0.15) is 5.75 Å². The lowest BCUT2D eigenvalue weighted by atomic mass is 9.69. The molecule has 2 atom stereocenters. The zero-order valence-electron chi connectivity index (χ0n) is 14.5. The predicted molar refractivity (Wildman–Crippen MR) is 112 cm³/mol. The third-order valence-corrected chi connectivity index (χ3v) is 7.86. The molecule has 3 rings (SSSR count). The van der Waals surface area contributed by atoms with Crippen molar-refractivity contribution in [2.45, 2.75) is 24.3 Å². The van der Waals surface area contributed by atoms with Crippen LogP contribution in [0.2, 0.25) is 0 Å². The second kappa shape index (κ2) is 8.21. The molecule has 1 aromatic heterocycles. The van der Waals surface area contributed by atoms with E-state index < -0.39 is 29.7 Å². The molecule has 150 valence electrons. The van der Waals surface area contributed by atoms with Crippen molar-refractivity contribution in [3.63, 3.8) is 0 Å². The maximum Gasteiger partial charge on any atom is 0.314 e. The number of fused-ring (bicyclic) bond motifs is 1. The predicted octanol–water partition coefficient (Wildman–Crippen LogP) is 3.93. The standard InChI is InChI=1S/C17H15Br2NO6S2/c1-2-26-15(24)17(5-10(21)22)6-27-14-13(28-16(25)20-14)11(17)8-3-7(18)4-9(19)12(8)23/h3-4,11,23H,2,5-6H2,1H3,(H,20,25)(H,21,22)/t11-,17+/m0/s1. The normalized spacial score (nSPS) is 21.2. The van der Waals surface area contributed by atoms with E-state index in [0.29, 0.717) is 24.4 Å². The van der Waals surface area contributed by atoms with Gasteiger partial charge in [-0.15, -0.1) is 11.8 Å². The van der Waals surface area contributed by atoms with Gasteiger partial charge in [0, 0.05) is 26.6 Å². The number of esters is 1. The highest BCUT2D eigenvalue weighted by molar-refractivity contribution is 9.11. The van der Waals surface area contributed by atoms with E-state index in [1.54, 1.807) is 19.1 Å². The molecule has 0 bridgehead atoms. The number of phenolic OH excluding ortho intramolecular Hbond substituents is 1. The van der Waals surface area contributed by atoms with E-state index >= 15 is 0 Å². The topological polar surface area (TPSA) is 117 Å². The molecule has 1 aliphatic heterocycles. The number of carboxylic acids is 1. The molecule has 7 nitrogen and oxygen atoms in total. The number of nitrogens with one attached hydrogen (secondary N) is 1. The molecule has 1 aromatic carbocycles. The first kappa shape index (κ1) is 21.4. The minimum absolute atomic E-state index is 0.0853. The number of ether oxygens (including phenoxy) is 1. The van der Waals surface area contributed by atoms with Crippen molar-refractivity contribution in [3.05, 3.63) is 41.2 Å². The molecule has 0 spiro atoms. The van der Waals surface area contributed by atoms with Gasteiger partial charge in [0.15, 0.2) is 0 Å². The average Bonchev–Trinajstić information content (AvgIpc) is 2.98. The van der Waals surface area contributed by atoms with Crippen molar-refractivity contribution >= 4 is 66.9 Å². The van der Waals surface area contributed by atoms with Crippen LogP contribution < -0.4 is 4.87 Å². The van der Waals surface area contributed by atoms with Gasteiger partial charge in [-0.3, -0.25) is 14.4 Å². The van der Waals surface area contributed by atoms with Crippen LogP contribution in [0.15, 0.2) is 30.9 Å². The molecule has 1 aliphatic rings. The number of thioether (sulfide) groups is 1. The molecular weight excluding hydrogens is 538 g/mol. The lowest BCUT2D eigenvalue weighted by Gasteiger charge is -2.40. The van der Waals surface area contributed by atoms with E-state index in [0.717, 1.165) is 11.3 Å². The Morgan fingerprint density at radius 1 is 1.39 bits per heavy atom.